The first-order chi connectivity index (χ1) is 7.60. The van der Waals surface area contributed by atoms with Gasteiger partial charge < -0.3 is 9.80 Å². The van der Waals surface area contributed by atoms with Gasteiger partial charge in [0.15, 0.2) is 0 Å². The highest BCUT2D eigenvalue weighted by atomic mass is 15.2. The summed E-state index contributed by atoms with van der Waals surface area (Å²) in [6.07, 6.45) is 3.96. The van der Waals surface area contributed by atoms with Crippen molar-refractivity contribution in [2.75, 3.05) is 39.8 Å². The van der Waals surface area contributed by atoms with Gasteiger partial charge in [-0.2, -0.15) is 0 Å². The summed E-state index contributed by atoms with van der Waals surface area (Å²) in [4.78, 5) is 5.03. The minimum atomic E-state index is 0.824. The molecule has 0 bridgehead atoms. The van der Waals surface area contributed by atoms with E-state index in [9.17, 15) is 0 Å². The van der Waals surface area contributed by atoms with Gasteiger partial charge in [-0.3, -0.25) is 0 Å². The number of hydrogen-bond acceptors (Lipinski definition) is 2. The molecule has 0 fully saturated rings. The molecular formula is C14H32N2. The second kappa shape index (κ2) is 10.1. The van der Waals surface area contributed by atoms with Gasteiger partial charge in [0.05, 0.1) is 0 Å². The van der Waals surface area contributed by atoms with Gasteiger partial charge in [-0.15, -0.1) is 0 Å². The summed E-state index contributed by atoms with van der Waals surface area (Å²) < 4.78 is 0. The van der Waals surface area contributed by atoms with E-state index < -0.39 is 0 Å². The largest absolute Gasteiger partial charge is 0.305 e. The van der Waals surface area contributed by atoms with Gasteiger partial charge in [0, 0.05) is 13.1 Å². The highest BCUT2D eigenvalue weighted by Gasteiger charge is 2.04. The molecule has 0 rings (SSSR count). The van der Waals surface area contributed by atoms with E-state index in [4.69, 9.17) is 0 Å². The summed E-state index contributed by atoms with van der Waals surface area (Å²) in [6, 6.07) is 0. The molecule has 0 aliphatic carbocycles. The maximum atomic E-state index is 2.56. The normalized spacial score (nSPS) is 12.0. The van der Waals surface area contributed by atoms with Gasteiger partial charge in [-0.25, -0.2) is 0 Å². The van der Waals surface area contributed by atoms with Crippen molar-refractivity contribution in [3.8, 4) is 0 Å². The monoisotopic (exact) mass is 228 g/mol. The van der Waals surface area contributed by atoms with Crippen LogP contribution in [0.5, 0.6) is 0 Å². The molecule has 0 heterocycles. The molecular weight excluding hydrogens is 196 g/mol. The second-order valence-electron chi connectivity index (χ2n) is 5.27. The molecule has 2 heteroatoms. The van der Waals surface area contributed by atoms with Gasteiger partial charge in [-0.05, 0) is 45.4 Å². The van der Waals surface area contributed by atoms with Crippen LogP contribution in [-0.2, 0) is 0 Å². The average Bonchev–Trinajstić information content (AvgIpc) is 2.26. The van der Waals surface area contributed by atoms with Crippen molar-refractivity contribution in [1.82, 2.24) is 9.80 Å². The van der Waals surface area contributed by atoms with Crippen molar-refractivity contribution in [3.05, 3.63) is 0 Å². The van der Waals surface area contributed by atoms with E-state index >= 15 is 0 Å². The van der Waals surface area contributed by atoms with E-state index in [0.717, 1.165) is 5.92 Å². The molecule has 0 aliphatic heterocycles. The third-order valence-electron chi connectivity index (χ3n) is 3.16. The fourth-order valence-corrected chi connectivity index (χ4v) is 1.71. The second-order valence-corrected chi connectivity index (χ2v) is 5.27. The van der Waals surface area contributed by atoms with E-state index in [1.807, 2.05) is 0 Å². The maximum absolute atomic E-state index is 2.56. The molecule has 2 nitrogen and oxygen atoms in total. The van der Waals surface area contributed by atoms with Crippen molar-refractivity contribution < 1.29 is 0 Å². The SMILES string of the molecule is CCCCN(CC)CCN(C)CCC(C)C. The Labute approximate surface area is 103 Å². The molecule has 0 saturated heterocycles. The Kier molecular flexibility index (Phi) is 10.0. The van der Waals surface area contributed by atoms with Crippen LogP contribution >= 0.6 is 0 Å². The number of rotatable bonds is 10. The van der Waals surface area contributed by atoms with Crippen molar-refractivity contribution in [3.63, 3.8) is 0 Å². The Bertz CT molecular complexity index is 146. The lowest BCUT2D eigenvalue weighted by Gasteiger charge is -2.24. The predicted molar refractivity (Wildman–Crippen MR) is 74.0 cm³/mol. The third-order valence-corrected chi connectivity index (χ3v) is 3.16. The van der Waals surface area contributed by atoms with Crippen molar-refractivity contribution in [2.24, 2.45) is 5.92 Å². The zero-order valence-corrected chi connectivity index (χ0v) is 12.1. The van der Waals surface area contributed by atoms with Crippen LogP contribution in [0.15, 0.2) is 0 Å². The molecule has 0 aromatic carbocycles. The number of likely N-dealkylation sites (N-methyl/N-ethyl adjacent to an activating group) is 2. The fourth-order valence-electron chi connectivity index (χ4n) is 1.71. The van der Waals surface area contributed by atoms with Crippen LogP contribution in [-0.4, -0.2) is 49.6 Å². The summed E-state index contributed by atoms with van der Waals surface area (Å²) in [6.45, 7) is 15.3. The summed E-state index contributed by atoms with van der Waals surface area (Å²) >= 11 is 0. The van der Waals surface area contributed by atoms with Gasteiger partial charge in [0.1, 0.15) is 0 Å². The molecule has 0 atom stereocenters. The van der Waals surface area contributed by atoms with Gasteiger partial charge in [0.25, 0.3) is 0 Å². The van der Waals surface area contributed by atoms with Crippen LogP contribution < -0.4 is 0 Å². The van der Waals surface area contributed by atoms with Gasteiger partial charge in [-0.1, -0.05) is 34.1 Å². The molecule has 0 amide bonds. The first kappa shape index (κ1) is 15.9. The number of nitrogens with zero attached hydrogens (tertiary/aromatic N) is 2. The topological polar surface area (TPSA) is 6.48 Å². The van der Waals surface area contributed by atoms with Crippen LogP contribution in [0, 0.1) is 5.92 Å². The minimum Gasteiger partial charge on any atom is -0.305 e. The Morgan fingerprint density at radius 2 is 1.62 bits per heavy atom. The third kappa shape index (κ3) is 9.17. The Hall–Kier alpha value is -0.0800. The molecule has 0 unspecified atom stereocenters. The van der Waals surface area contributed by atoms with Crippen LogP contribution in [0.1, 0.15) is 47.0 Å². The van der Waals surface area contributed by atoms with Gasteiger partial charge >= 0.3 is 0 Å². The smallest absolute Gasteiger partial charge is 0.0109 e. The summed E-state index contributed by atoms with van der Waals surface area (Å²) in [7, 11) is 2.25. The standard InChI is InChI=1S/C14H32N2/c1-6-8-10-16(7-2)13-12-15(5)11-9-14(3)4/h14H,6-13H2,1-5H3. The highest BCUT2D eigenvalue weighted by molar-refractivity contribution is 4.60. The molecule has 98 valence electrons. The Morgan fingerprint density at radius 1 is 0.938 bits per heavy atom. The molecule has 0 aromatic heterocycles. The fraction of sp³-hybridized carbons (Fsp3) is 1.00. The van der Waals surface area contributed by atoms with Crippen LogP contribution in [0.2, 0.25) is 0 Å². The Morgan fingerprint density at radius 3 is 2.12 bits per heavy atom. The molecule has 0 spiro atoms. The summed E-state index contributed by atoms with van der Waals surface area (Å²) in [5.74, 6) is 0.824. The minimum absolute atomic E-state index is 0.824. The van der Waals surface area contributed by atoms with Crippen LogP contribution in [0.25, 0.3) is 0 Å². The molecule has 0 saturated carbocycles. The Balaban J connectivity index is 3.57. The lowest BCUT2D eigenvalue weighted by atomic mass is 10.1. The van der Waals surface area contributed by atoms with Crippen LogP contribution in [0.4, 0.5) is 0 Å². The summed E-state index contributed by atoms with van der Waals surface area (Å²) in [5.41, 5.74) is 0. The molecule has 0 aromatic rings. The average molecular weight is 228 g/mol. The lowest BCUT2D eigenvalue weighted by molar-refractivity contribution is 0.224. The number of unbranched alkanes of at least 4 members (excludes halogenated alkanes) is 1. The zero-order chi connectivity index (χ0) is 12.4. The van der Waals surface area contributed by atoms with E-state index in [0.29, 0.717) is 0 Å². The highest BCUT2D eigenvalue weighted by Crippen LogP contribution is 2.01. The molecule has 0 N–H and O–H groups in total. The van der Waals surface area contributed by atoms with E-state index in [1.165, 1.54) is 52.0 Å². The molecule has 0 aliphatic rings. The first-order valence-corrected chi connectivity index (χ1v) is 7.01. The zero-order valence-electron chi connectivity index (χ0n) is 12.1. The van der Waals surface area contributed by atoms with Crippen molar-refractivity contribution >= 4 is 0 Å². The van der Waals surface area contributed by atoms with E-state index in [-0.39, 0.29) is 0 Å². The lowest BCUT2D eigenvalue weighted by Crippen LogP contribution is -2.34. The molecule has 16 heavy (non-hydrogen) atoms. The summed E-state index contributed by atoms with van der Waals surface area (Å²) in [5, 5.41) is 0. The molecule has 0 radical (unpaired) electrons. The van der Waals surface area contributed by atoms with Crippen LogP contribution in [0.3, 0.4) is 0 Å². The number of hydrogen-bond donors (Lipinski definition) is 0. The van der Waals surface area contributed by atoms with Crippen molar-refractivity contribution in [1.29, 1.82) is 0 Å². The quantitative estimate of drug-likeness (QED) is 0.567. The van der Waals surface area contributed by atoms with Crippen molar-refractivity contribution in [2.45, 2.75) is 47.0 Å². The van der Waals surface area contributed by atoms with Gasteiger partial charge in [0.2, 0.25) is 0 Å². The predicted octanol–water partition coefficient (Wildman–Crippen LogP) is 3.09. The van der Waals surface area contributed by atoms with E-state index in [1.54, 1.807) is 0 Å². The van der Waals surface area contributed by atoms with E-state index in [2.05, 4.69) is 44.5 Å². The first-order valence-electron chi connectivity index (χ1n) is 7.01. The maximum Gasteiger partial charge on any atom is 0.0109 e.